The first-order chi connectivity index (χ1) is 37.0. The summed E-state index contributed by atoms with van der Waals surface area (Å²) in [5.74, 6) is 3.39. The highest BCUT2D eigenvalue weighted by Gasteiger charge is 2.56. The maximum atomic E-state index is 13.8. The van der Waals surface area contributed by atoms with Crippen molar-refractivity contribution in [3.05, 3.63) is 29.8 Å². The van der Waals surface area contributed by atoms with Crippen LogP contribution in [0.15, 0.2) is 24.3 Å². The van der Waals surface area contributed by atoms with Crippen LogP contribution in [0.4, 0.5) is 0 Å². The van der Waals surface area contributed by atoms with E-state index in [2.05, 4.69) is 44.2 Å². The van der Waals surface area contributed by atoms with Gasteiger partial charge >= 0.3 is 10.4 Å². The zero-order chi connectivity index (χ0) is 57.4. The van der Waals surface area contributed by atoms with Crippen molar-refractivity contribution in [3.8, 4) is 17.6 Å². The summed E-state index contributed by atoms with van der Waals surface area (Å²) in [6, 6.07) is -0.745. The second-order valence-corrected chi connectivity index (χ2v) is 20.1. The smallest absolute Gasteiger partial charge is 0.397 e. The molecule has 30 heteroatoms. The number of hydrogen-bond donors (Lipinski definition) is 14. The van der Waals surface area contributed by atoms with E-state index in [1.54, 1.807) is 12.1 Å². The van der Waals surface area contributed by atoms with Gasteiger partial charge in [-0.15, -0.1) is 11.8 Å². The van der Waals surface area contributed by atoms with Crippen molar-refractivity contribution in [2.24, 2.45) is 0 Å². The van der Waals surface area contributed by atoms with Gasteiger partial charge in [0.2, 0.25) is 17.7 Å². The van der Waals surface area contributed by atoms with E-state index in [1.807, 2.05) is 0 Å². The van der Waals surface area contributed by atoms with E-state index in [1.165, 1.54) is 18.6 Å². The van der Waals surface area contributed by atoms with Crippen LogP contribution in [0.25, 0.3) is 0 Å². The van der Waals surface area contributed by atoms with Gasteiger partial charge in [-0.05, 0) is 31.0 Å². The zero-order valence-corrected chi connectivity index (χ0v) is 44.2. The number of carbonyl (C=O) groups excluding carboxylic acids is 4. The van der Waals surface area contributed by atoms with Crippen molar-refractivity contribution in [1.82, 2.24) is 21.3 Å². The van der Waals surface area contributed by atoms with E-state index < -0.39 is 183 Å². The van der Waals surface area contributed by atoms with Gasteiger partial charge in [-0.2, -0.15) is 8.42 Å². The minimum Gasteiger partial charge on any atom is -0.494 e. The molecule has 29 nitrogen and oxygen atoms in total. The summed E-state index contributed by atoms with van der Waals surface area (Å²) >= 11 is 0. The third kappa shape index (κ3) is 17.8. The van der Waals surface area contributed by atoms with Crippen molar-refractivity contribution < 1.29 is 120 Å². The van der Waals surface area contributed by atoms with Crippen LogP contribution in [0, 0.1) is 11.8 Å². The number of carbonyl (C=O) groups is 4. The number of aliphatic hydroxyl groups excluding tert-OH is 9. The minimum atomic E-state index is -5.16. The quantitative estimate of drug-likeness (QED) is 0.0248. The summed E-state index contributed by atoms with van der Waals surface area (Å²) < 4.78 is 83.8. The molecule has 1 aromatic carbocycles. The van der Waals surface area contributed by atoms with Gasteiger partial charge in [0.15, 0.2) is 25.2 Å². The monoisotopic (exact) mass is 1140 g/mol. The topological polar surface area (TPSA) is 436 Å². The van der Waals surface area contributed by atoms with Crippen LogP contribution < -0.4 is 26.0 Å². The lowest BCUT2D eigenvalue weighted by atomic mass is 9.93. The predicted octanol–water partition coefficient (Wildman–Crippen LogP) is -4.92. The van der Waals surface area contributed by atoms with E-state index in [9.17, 15) is 78.1 Å². The Morgan fingerprint density at radius 3 is 1.56 bits per heavy atom. The molecule has 0 spiro atoms. The molecule has 0 radical (unpaired) electrons. The SMILES string of the molecule is CCCCCCC#CCCCOc1cccc(C(=O)N[C@H]2[C@H](O[C@H]3[C@H](O)[C@@H](NC(C)=O)[C@H](O[C@H]4[C@H](O)[C@@H](NC(C)=O)[C@H](O[C@H]5[C@H](O)[C@@H](NC(C)=O)C(O)O[C@@H]5COS(=O)(=O)O)O[C@@H]4CO)O[C@@H]3CO)O[C@H](CO)[C@@H](O)[C@@H]2O)c1. The van der Waals surface area contributed by atoms with E-state index >= 15 is 0 Å². The lowest BCUT2D eigenvalue weighted by Crippen LogP contribution is -2.71. The fourth-order valence-electron chi connectivity index (χ4n) is 9.21. The summed E-state index contributed by atoms with van der Waals surface area (Å²) in [5.41, 5.74) is 0.0447. The zero-order valence-electron chi connectivity index (χ0n) is 43.3. The van der Waals surface area contributed by atoms with E-state index in [4.69, 9.17) is 37.9 Å². The molecule has 442 valence electrons. The summed E-state index contributed by atoms with van der Waals surface area (Å²) in [7, 11) is -5.16. The van der Waals surface area contributed by atoms with Gasteiger partial charge in [-0.1, -0.05) is 32.3 Å². The maximum absolute atomic E-state index is 13.8. The average molecular weight is 1140 g/mol. The first kappa shape index (κ1) is 64.5. The number of unbranched alkanes of at least 4 members (excludes halogenated alkanes) is 5. The summed E-state index contributed by atoms with van der Waals surface area (Å²) in [5, 5.41) is 109. The molecular formula is C48H74N4O25S. The molecule has 14 N–H and O–H groups in total. The Balaban J connectivity index is 1.35. The first-order valence-corrected chi connectivity index (χ1v) is 26.8. The van der Waals surface area contributed by atoms with Gasteiger partial charge in [0.1, 0.15) is 103 Å². The summed E-state index contributed by atoms with van der Waals surface area (Å²) in [4.78, 5) is 51.1. The molecule has 4 saturated heterocycles. The lowest BCUT2D eigenvalue weighted by molar-refractivity contribution is -0.361. The van der Waals surface area contributed by atoms with Gasteiger partial charge < -0.3 is 105 Å². The molecule has 0 saturated carbocycles. The minimum absolute atomic E-state index is 0.0447. The number of hydrogen-bond acceptors (Lipinski definition) is 24. The van der Waals surface area contributed by atoms with Gasteiger partial charge in [0.25, 0.3) is 5.91 Å². The van der Waals surface area contributed by atoms with Crippen LogP contribution in [0.3, 0.4) is 0 Å². The molecule has 0 aromatic heterocycles. The van der Waals surface area contributed by atoms with Crippen LogP contribution in [-0.2, 0) is 62.1 Å². The van der Waals surface area contributed by atoms with Crippen molar-refractivity contribution in [3.63, 3.8) is 0 Å². The van der Waals surface area contributed by atoms with Crippen LogP contribution in [0.1, 0.15) is 83.0 Å². The number of benzene rings is 1. The van der Waals surface area contributed by atoms with E-state index in [-0.39, 0.29) is 5.56 Å². The molecule has 0 bridgehead atoms. The van der Waals surface area contributed by atoms with Gasteiger partial charge in [-0.3, -0.25) is 23.7 Å². The summed E-state index contributed by atoms with van der Waals surface area (Å²) in [6.45, 7) is 1.51. The highest BCUT2D eigenvalue weighted by molar-refractivity contribution is 7.80. The van der Waals surface area contributed by atoms with Crippen LogP contribution in [-0.4, -0.2) is 238 Å². The molecule has 4 aliphatic rings. The molecule has 4 heterocycles. The van der Waals surface area contributed by atoms with Crippen molar-refractivity contribution >= 4 is 34.0 Å². The Bertz CT molecular complexity index is 2280. The Hall–Kier alpha value is -4.31. The second kappa shape index (κ2) is 30.5. The summed E-state index contributed by atoms with van der Waals surface area (Å²) in [6.07, 6.45) is -23.1. The van der Waals surface area contributed by atoms with Gasteiger partial charge in [-0.25, -0.2) is 4.18 Å². The van der Waals surface area contributed by atoms with Crippen LogP contribution >= 0.6 is 0 Å². The molecule has 0 aliphatic carbocycles. The molecule has 4 aliphatic heterocycles. The van der Waals surface area contributed by atoms with Crippen molar-refractivity contribution in [2.75, 3.05) is 33.0 Å². The largest absolute Gasteiger partial charge is 0.494 e. The highest BCUT2D eigenvalue weighted by atomic mass is 32.3. The second-order valence-electron chi connectivity index (χ2n) is 19.0. The van der Waals surface area contributed by atoms with Crippen molar-refractivity contribution in [1.29, 1.82) is 0 Å². The van der Waals surface area contributed by atoms with Crippen LogP contribution in [0.2, 0.25) is 0 Å². The van der Waals surface area contributed by atoms with E-state index in [0.29, 0.717) is 25.2 Å². The van der Waals surface area contributed by atoms with Gasteiger partial charge in [0, 0.05) is 39.2 Å². The molecular weight excluding hydrogens is 1060 g/mol. The number of rotatable bonds is 25. The number of nitrogens with one attached hydrogen (secondary N) is 4. The highest BCUT2D eigenvalue weighted by Crippen LogP contribution is 2.35. The first-order valence-electron chi connectivity index (χ1n) is 25.4. The maximum Gasteiger partial charge on any atom is 0.397 e. The number of aliphatic hydroxyl groups is 9. The van der Waals surface area contributed by atoms with Crippen molar-refractivity contribution in [2.45, 2.75) is 195 Å². The fraction of sp³-hybridized carbons (Fsp3) is 0.750. The third-order valence-corrected chi connectivity index (χ3v) is 13.5. The number of ether oxygens (including phenoxy) is 8. The van der Waals surface area contributed by atoms with Gasteiger partial charge in [0.05, 0.1) is 33.0 Å². The molecule has 4 amide bonds. The Morgan fingerprint density at radius 2 is 1.06 bits per heavy atom. The normalized spacial score (nSPS) is 35.1. The molecule has 20 atom stereocenters. The lowest BCUT2D eigenvalue weighted by Gasteiger charge is -2.51. The van der Waals surface area contributed by atoms with E-state index in [0.717, 1.165) is 46.5 Å². The Kier molecular flexibility index (Phi) is 25.2. The van der Waals surface area contributed by atoms with Crippen LogP contribution in [0.5, 0.6) is 5.75 Å². The molecule has 1 aromatic rings. The molecule has 5 rings (SSSR count). The molecule has 4 fully saturated rings. The predicted molar refractivity (Wildman–Crippen MR) is 262 cm³/mol. The fourth-order valence-corrected chi connectivity index (χ4v) is 9.51. The third-order valence-electron chi connectivity index (χ3n) is 13.0. The Labute approximate surface area is 450 Å². The molecule has 78 heavy (non-hydrogen) atoms. The Morgan fingerprint density at radius 1 is 0.590 bits per heavy atom. The molecule has 1 unspecified atom stereocenters. The number of amides is 4. The standard InChI is InChI=1S/C48H74N4O25S/c1-5-6-7-8-9-10-11-12-13-17-69-27-16-14-15-26(18-27)44(64)52-33-37(60)36(59)28(19-53)72-46(33)75-41-29(20-54)73-47(34(39(41)62)50-24(3)57)76-42-30(21-55)74-48(35(40(42)63)51-25(4)58)77-43-31(22-70-78(66,67)68)71-45(65)32(38(43)61)49-23(2)56/h14-16,18,28-43,45-48,53-55,59-63,65H,5-9,12-13,17,19-22H2,1-4H3,(H,49,56)(H,50,57)(H,51,58)(H,52,64)(H,66,67,68)/t28-,29-,30-,31-,32-,33-,34-,35-,36-,37-,38-,39-,40-,41-,42-,43-,45?,46+,47+,48+/m1/s1. The average Bonchev–Trinajstić information content (AvgIpc) is 3.47.